The zero-order valence-electron chi connectivity index (χ0n) is 18.9. The molecular weight excluding hydrogens is 496 g/mol. The summed E-state index contributed by atoms with van der Waals surface area (Å²) in [6, 6.07) is 7.37. The van der Waals surface area contributed by atoms with E-state index < -0.39 is 0 Å². The summed E-state index contributed by atoms with van der Waals surface area (Å²) in [7, 11) is 0. The molecule has 30 heavy (non-hydrogen) atoms. The maximum absolute atomic E-state index is 13.4. The molecule has 2 atom stereocenters. The van der Waals surface area contributed by atoms with Gasteiger partial charge >= 0.3 is 0 Å². The molecule has 1 aliphatic heterocycles. The van der Waals surface area contributed by atoms with Crippen LogP contribution < -0.4 is 10.6 Å². The fourth-order valence-corrected chi connectivity index (χ4v) is 3.75. The SMILES string of the molecule is CCNC(=NCC(C)N(CC)CC)NCC(c1ccc(F)cc1)N1CCOCC1.I. The normalized spacial score (nSPS) is 17.3. The summed E-state index contributed by atoms with van der Waals surface area (Å²) in [5, 5.41) is 6.85. The zero-order valence-corrected chi connectivity index (χ0v) is 21.2. The molecule has 2 unspecified atom stereocenters. The van der Waals surface area contributed by atoms with Gasteiger partial charge in [-0.3, -0.25) is 14.8 Å². The lowest BCUT2D eigenvalue weighted by molar-refractivity contribution is 0.0170. The van der Waals surface area contributed by atoms with Crippen LogP contribution in [0.4, 0.5) is 4.39 Å². The lowest BCUT2D eigenvalue weighted by atomic mass is 10.0. The number of benzene rings is 1. The van der Waals surface area contributed by atoms with Crippen LogP contribution in [0, 0.1) is 5.82 Å². The van der Waals surface area contributed by atoms with Gasteiger partial charge in [0.2, 0.25) is 0 Å². The molecule has 1 fully saturated rings. The van der Waals surface area contributed by atoms with Crippen molar-refractivity contribution < 1.29 is 9.13 Å². The van der Waals surface area contributed by atoms with Crippen molar-refractivity contribution in [1.29, 1.82) is 0 Å². The monoisotopic (exact) mass is 535 g/mol. The average Bonchev–Trinajstić information content (AvgIpc) is 2.75. The Morgan fingerprint density at radius 2 is 1.77 bits per heavy atom. The smallest absolute Gasteiger partial charge is 0.191 e. The minimum absolute atomic E-state index is 0. The first-order valence-electron chi connectivity index (χ1n) is 10.9. The highest BCUT2D eigenvalue weighted by Gasteiger charge is 2.23. The first-order chi connectivity index (χ1) is 14.1. The number of likely N-dealkylation sites (N-methyl/N-ethyl adjacent to an activating group) is 1. The minimum Gasteiger partial charge on any atom is -0.379 e. The third-order valence-corrected chi connectivity index (χ3v) is 5.50. The van der Waals surface area contributed by atoms with Gasteiger partial charge in [-0.2, -0.15) is 0 Å². The van der Waals surface area contributed by atoms with Crippen molar-refractivity contribution in [2.45, 2.75) is 39.8 Å². The van der Waals surface area contributed by atoms with E-state index in [1.165, 1.54) is 12.1 Å². The lowest BCUT2D eigenvalue weighted by Gasteiger charge is -2.35. The topological polar surface area (TPSA) is 52.1 Å². The molecular formula is C22H39FIN5O. The Hall–Kier alpha value is -0.970. The molecule has 8 heteroatoms. The summed E-state index contributed by atoms with van der Waals surface area (Å²) in [4.78, 5) is 9.60. The van der Waals surface area contributed by atoms with E-state index >= 15 is 0 Å². The Morgan fingerprint density at radius 3 is 2.33 bits per heavy atom. The summed E-state index contributed by atoms with van der Waals surface area (Å²) in [6.45, 7) is 16.2. The highest BCUT2D eigenvalue weighted by Crippen LogP contribution is 2.21. The molecule has 1 saturated heterocycles. The van der Waals surface area contributed by atoms with Gasteiger partial charge in [0.1, 0.15) is 5.82 Å². The standard InChI is InChI=1S/C22H38FN5O.HI/c1-5-24-22(25-16-18(4)27(6-2)7-3)26-17-21(28-12-14-29-15-13-28)19-8-10-20(23)11-9-19;/h8-11,18,21H,5-7,12-17H2,1-4H3,(H2,24,25,26);1H. The lowest BCUT2D eigenvalue weighted by Crippen LogP contribution is -2.46. The number of morpholine rings is 1. The highest BCUT2D eigenvalue weighted by molar-refractivity contribution is 14.0. The van der Waals surface area contributed by atoms with E-state index in [1.54, 1.807) is 0 Å². The summed E-state index contributed by atoms with van der Waals surface area (Å²) in [6.07, 6.45) is 0. The van der Waals surface area contributed by atoms with Gasteiger partial charge in [-0.05, 0) is 44.6 Å². The van der Waals surface area contributed by atoms with Crippen molar-refractivity contribution in [3.63, 3.8) is 0 Å². The molecule has 172 valence electrons. The van der Waals surface area contributed by atoms with Crippen LogP contribution in [0.15, 0.2) is 29.3 Å². The number of guanidine groups is 1. The largest absolute Gasteiger partial charge is 0.379 e. The fraction of sp³-hybridized carbons (Fsp3) is 0.682. The van der Waals surface area contributed by atoms with Gasteiger partial charge in [-0.1, -0.05) is 26.0 Å². The predicted octanol–water partition coefficient (Wildman–Crippen LogP) is 3.10. The van der Waals surface area contributed by atoms with Gasteiger partial charge in [-0.25, -0.2) is 4.39 Å². The van der Waals surface area contributed by atoms with Gasteiger partial charge in [0.25, 0.3) is 0 Å². The van der Waals surface area contributed by atoms with E-state index in [1.807, 2.05) is 12.1 Å². The molecule has 0 aromatic heterocycles. The Balaban J connectivity index is 0.00000450. The molecule has 1 aliphatic rings. The van der Waals surface area contributed by atoms with Crippen molar-refractivity contribution in [3.8, 4) is 0 Å². The highest BCUT2D eigenvalue weighted by atomic mass is 127. The van der Waals surface area contributed by atoms with Crippen LogP contribution in [0.5, 0.6) is 0 Å². The number of nitrogens with zero attached hydrogens (tertiary/aromatic N) is 3. The summed E-state index contributed by atoms with van der Waals surface area (Å²) in [5.41, 5.74) is 1.10. The quantitative estimate of drug-likeness (QED) is 0.274. The first kappa shape index (κ1) is 27.1. The molecule has 0 saturated carbocycles. The maximum atomic E-state index is 13.4. The predicted molar refractivity (Wildman–Crippen MR) is 133 cm³/mol. The Bertz CT molecular complexity index is 606. The second-order valence-electron chi connectivity index (χ2n) is 7.39. The Morgan fingerprint density at radius 1 is 1.13 bits per heavy atom. The number of rotatable bonds is 10. The van der Waals surface area contributed by atoms with Crippen molar-refractivity contribution in [1.82, 2.24) is 20.4 Å². The number of halogens is 2. The van der Waals surface area contributed by atoms with E-state index in [0.29, 0.717) is 12.6 Å². The molecule has 2 rings (SSSR count). The van der Waals surface area contributed by atoms with Crippen LogP contribution in [0.2, 0.25) is 0 Å². The third-order valence-electron chi connectivity index (χ3n) is 5.50. The van der Waals surface area contributed by atoms with Gasteiger partial charge in [-0.15, -0.1) is 24.0 Å². The Kier molecular flexibility index (Phi) is 13.5. The average molecular weight is 535 g/mol. The summed E-state index contributed by atoms with van der Waals surface area (Å²) >= 11 is 0. The number of aliphatic imine (C=N–C) groups is 1. The zero-order chi connectivity index (χ0) is 21.1. The van der Waals surface area contributed by atoms with E-state index in [0.717, 1.165) is 64.0 Å². The molecule has 0 bridgehead atoms. The van der Waals surface area contributed by atoms with Crippen LogP contribution in [-0.4, -0.2) is 80.8 Å². The number of hydrogen-bond acceptors (Lipinski definition) is 4. The summed E-state index contributed by atoms with van der Waals surface area (Å²) < 4.78 is 18.9. The molecule has 0 spiro atoms. The van der Waals surface area contributed by atoms with Crippen LogP contribution in [0.3, 0.4) is 0 Å². The number of ether oxygens (including phenoxy) is 1. The Labute approximate surface area is 198 Å². The molecule has 0 radical (unpaired) electrons. The third kappa shape index (κ3) is 8.64. The van der Waals surface area contributed by atoms with Crippen molar-refractivity contribution in [2.75, 3.05) is 59.0 Å². The number of nitrogens with one attached hydrogen (secondary N) is 2. The van der Waals surface area contributed by atoms with Crippen molar-refractivity contribution in [2.24, 2.45) is 4.99 Å². The van der Waals surface area contributed by atoms with Gasteiger partial charge in [0, 0.05) is 32.2 Å². The van der Waals surface area contributed by atoms with E-state index in [9.17, 15) is 4.39 Å². The van der Waals surface area contributed by atoms with Crippen molar-refractivity contribution >= 4 is 29.9 Å². The van der Waals surface area contributed by atoms with Crippen LogP contribution >= 0.6 is 24.0 Å². The number of hydrogen-bond donors (Lipinski definition) is 2. The van der Waals surface area contributed by atoms with E-state index in [4.69, 9.17) is 9.73 Å². The second-order valence-corrected chi connectivity index (χ2v) is 7.39. The van der Waals surface area contributed by atoms with Crippen LogP contribution in [0.1, 0.15) is 39.3 Å². The molecule has 2 N–H and O–H groups in total. The molecule has 6 nitrogen and oxygen atoms in total. The molecule has 0 aliphatic carbocycles. The molecule has 0 amide bonds. The second kappa shape index (κ2) is 14.9. The molecule has 1 aromatic rings. The van der Waals surface area contributed by atoms with E-state index in [-0.39, 0.29) is 35.8 Å². The fourth-order valence-electron chi connectivity index (χ4n) is 3.75. The van der Waals surface area contributed by atoms with Gasteiger partial charge < -0.3 is 15.4 Å². The maximum Gasteiger partial charge on any atom is 0.191 e. The minimum atomic E-state index is -0.206. The van der Waals surface area contributed by atoms with Crippen LogP contribution in [0.25, 0.3) is 0 Å². The first-order valence-corrected chi connectivity index (χ1v) is 10.9. The van der Waals surface area contributed by atoms with Gasteiger partial charge in [0.05, 0.1) is 25.8 Å². The van der Waals surface area contributed by atoms with Crippen LogP contribution in [-0.2, 0) is 4.74 Å². The molecule has 1 heterocycles. The van der Waals surface area contributed by atoms with E-state index in [2.05, 4.69) is 48.1 Å². The summed E-state index contributed by atoms with van der Waals surface area (Å²) in [5.74, 6) is 0.620. The van der Waals surface area contributed by atoms with Crippen molar-refractivity contribution in [3.05, 3.63) is 35.6 Å². The molecule has 1 aromatic carbocycles. The van der Waals surface area contributed by atoms with Gasteiger partial charge in [0.15, 0.2) is 5.96 Å².